The highest BCUT2D eigenvalue weighted by atomic mass is 16.5. The number of ether oxygens (including phenoxy) is 2. The van der Waals surface area contributed by atoms with Gasteiger partial charge in [0.1, 0.15) is 0 Å². The van der Waals surface area contributed by atoms with Crippen LogP contribution in [0, 0.1) is 5.92 Å². The molecule has 1 saturated carbocycles. The average Bonchev–Trinajstić information content (AvgIpc) is 3.79. The van der Waals surface area contributed by atoms with E-state index in [0.29, 0.717) is 44.6 Å². The van der Waals surface area contributed by atoms with E-state index in [1.54, 1.807) is 13.2 Å². The van der Waals surface area contributed by atoms with E-state index in [0.717, 1.165) is 34.2 Å². The van der Waals surface area contributed by atoms with E-state index in [-0.39, 0.29) is 29.6 Å². The maximum absolute atomic E-state index is 13.0. The highest BCUT2D eigenvalue weighted by Crippen LogP contribution is 2.47. The Bertz CT molecular complexity index is 1370. The molecule has 2 amide bonds. The highest BCUT2D eigenvalue weighted by molar-refractivity contribution is 5.91. The zero-order valence-corrected chi connectivity index (χ0v) is 22.4. The molecule has 5 rings (SSSR count). The van der Waals surface area contributed by atoms with Crippen LogP contribution in [0.1, 0.15) is 51.4 Å². The molecule has 39 heavy (non-hydrogen) atoms. The fraction of sp³-hybridized carbons (Fsp3) is 0.344. The van der Waals surface area contributed by atoms with Gasteiger partial charge < -0.3 is 19.7 Å². The zero-order chi connectivity index (χ0) is 27.4. The molecule has 3 aromatic rings. The molecule has 2 atom stereocenters. The van der Waals surface area contributed by atoms with Crippen LogP contribution in [0.4, 0.5) is 0 Å². The summed E-state index contributed by atoms with van der Waals surface area (Å²) in [6, 6.07) is 21.7. The van der Waals surface area contributed by atoms with Gasteiger partial charge in [0.15, 0.2) is 0 Å². The summed E-state index contributed by atoms with van der Waals surface area (Å²) >= 11 is 0. The lowest BCUT2D eigenvalue weighted by Gasteiger charge is -2.32. The van der Waals surface area contributed by atoms with Gasteiger partial charge in [0, 0.05) is 32.7 Å². The number of rotatable bonds is 9. The number of methoxy groups -OCH3 is 2. The second-order valence-electron chi connectivity index (χ2n) is 10.2. The van der Waals surface area contributed by atoms with Crippen molar-refractivity contribution in [2.75, 3.05) is 27.4 Å². The van der Waals surface area contributed by atoms with Crippen molar-refractivity contribution < 1.29 is 23.9 Å². The summed E-state index contributed by atoms with van der Waals surface area (Å²) in [4.78, 5) is 39.9. The molecular weight excluding hydrogens is 492 g/mol. The van der Waals surface area contributed by atoms with Crippen molar-refractivity contribution in [2.24, 2.45) is 5.92 Å². The highest BCUT2D eigenvalue weighted by Gasteiger charge is 2.43. The first-order valence-electron chi connectivity index (χ1n) is 13.4. The minimum absolute atomic E-state index is 0.00400. The molecule has 0 bridgehead atoms. The van der Waals surface area contributed by atoms with Crippen LogP contribution in [0.25, 0.3) is 11.1 Å². The van der Waals surface area contributed by atoms with Gasteiger partial charge in [-0.2, -0.15) is 0 Å². The van der Waals surface area contributed by atoms with E-state index < -0.39 is 0 Å². The molecule has 0 radical (unpaired) electrons. The normalized spacial score (nSPS) is 17.7. The van der Waals surface area contributed by atoms with Gasteiger partial charge >= 0.3 is 5.97 Å². The van der Waals surface area contributed by atoms with Gasteiger partial charge in [-0.3, -0.25) is 9.59 Å². The third-order valence-electron chi connectivity index (χ3n) is 7.78. The van der Waals surface area contributed by atoms with Crippen LogP contribution in [0.3, 0.4) is 0 Å². The van der Waals surface area contributed by atoms with Crippen molar-refractivity contribution in [3.05, 3.63) is 94.5 Å². The number of hydrogen-bond acceptors (Lipinski definition) is 5. The third kappa shape index (κ3) is 5.88. The van der Waals surface area contributed by atoms with Gasteiger partial charge in [-0.05, 0) is 64.3 Å². The van der Waals surface area contributed by atoms with Gasteiger partial charge in [-0.1, -0.05) is 54.6 Å². The Kier molecular flexibility index (Phi) is 8.07. The predicted octanol–water partition coefficient (Wildman–Crippen LogP) is 4.48. The SMILES string of the molecule is COCCC(=O)N1CCc2c(-c3cccc(C(=O)OC)c3)ccc(CNC(=O)C3CC3c3ccccc3)c2C1. The maximum Gasteiger partial charge on any atom is 0.337 e. The molecule has 1 fully saturated rings. The number of benzene rings is 3. The second-order valence-corrected chi connectivity index (χ2v) is 10.2. The number of hydrogen-bond donors (Lipinski definition) is 1. The summed E-state index contributed by atoms with van der Waals surface area (Å²) in [5.74, 6) is 0.0126. The Labute approximate surface area is 229 Å². The smallest absolute Gasteiger partial charge is 0.337 e. The Hall–Kier alpha value is -3.97. The quantitative estimate of drug-likeness (QED) is 0.416. The maximum atomic E-state index is 13.0. The summed E-state index contributed by atoms with van der Waals surface area (Å²) in [5, 5.41) is 3.16. The Morgan fingerprint density at radius 1 is 0.974 bits per heavy atom. The molecule has 0 spiro atoms. The number of amides is 2. The molecule has 1 heterocycles. The van der Waals surface area contributed by atoms with Gasteiger partial charge in [-0.25, -0.2) is 4.79 Å². The second kappa shape index (κ2) is 11.8. The Morgan fingerprint density at radius 2 is 1.79 bits per heavy atom. The predicted molar refractivity (Wildman–Crippen MR) is 148 cm³/mol. The van der Waals surface area contributed by atoms with E-state index in [4.69, 9.17) is 9.47 Å². The molecule has 1 aliphatic carbocycles. The number of nitrogens with one attached hydrogen (secondary N) is 1. The van der Waals surface area contributed by atoms with Crippen LogP contribution >= 0.6 is 0 Å². The minimum Gasteiger partial charge on any atom is -0.465 e. The molecule has 3 aromatic carbocycles. The van der Waals surface area contributed by atoms with E-state index in [1.807, 2.05) is 47.4 Å². The molecular formula is C32H34N2O5. The average molecular weight is 527 g/mol. The van der Waals surface area contributed by atoms with Crippen molar-refractivity contribution in [3.63, 3.8) is 0 Å². The summed E-state index contributed by atoms with van der Waals surface area (Å²) in [6.07, 6.45) is 1.89. The zero-order valence-electron chi connectivity index (χ0n) is 22.4. The Balaban J connectivity index is 1.39. The lowest BCUT2D eigenvalue weighted by molar-refractivity contribution is -0.133. The summed E-state index contributed by atoms with van der Waals surface area (Å²) in [6.45, 7) is 1.87. The fourth-order valence-corrected chi connectivity index (χ4v) is 5.54. The molecule has 1 N–H and O–H groups in total. The van der Waals surface area contributed by atoms with Crippen LogP contribution in [0.5, 0.6) is 0 Å². The van der Waals surface area contributed by atoms with Gasteiger partial charge in [0.2, 0.25) is 11.8 Å². The first-order valence-corrected chi connectivity index (χ1v) is 13.4. The number of nitrogens with zero attached hydrogens (tertiary/aromatic N) is 1. The van der Waals surface area contributed by atoms with Gasteiger partial charge in [0.05, 0.1) is 25.7 Å². The molecule has 2 aliphatic rings. The van der Waals surface area contributed by atoms with Crippen molar-refractivity contribution in [1.82, 2.24) is 10.2 Å². The first-order chi connectivity index (χ1) is 19.0. The number of carbonyl (C=O) groups excluding carboxylic acids is 3. The van der Waals surface area contributed by atoms with Crippen molar-refractivity contribution >= 4 is 17.8 Å². The van der Waals surface area contributed by atoms with Crippen LogP contribution in [0.15, 0.2) is 66.7 Å². The van der Waals surface area contributed by atoms with Gasteiger partial charge in [0.25, 0.3) is 0 Å². The van der Waals surface area contributed by atoms with Crippen LogP contribution in [0.2, 0.25) is 0 Å². The van der Waals surface area contributed by atoms with E-state index in [9.17, 15) is 14.4 Å². The number of carbonyl (C=O) groups is 3. The standard InChI is InChI=1S/C32H34N2O5/c1-38-16-14-30(35)34-15-13-26-25(22-9-6-10-23(17-22)32(37)39-2)12-11-24(29(26)20-34)19-33-31(36)28-18-27(28)21-7-4-3-5-8-21/h3-12,17,27-28H,13-16,18-20H2,1-2H3,(H,33,36). The van der Waals surface area contributed by atoms with Crippen molar-refractivity contribution in [2.45, 2.75) is 38.3 Å². The van der Waals surface area contributed by atoms with Crippen molar-refractivity contribution in [1.29, 1.82) is 0 Å². The number of fused-ring (bicyclic) bond motifs is 1. The molecule has 7 nitrogen and oxygen atoms in total. The summed E-state index contributed by atoms with van der Waals surface area (Å²) in [5.41, 5.74) is 6.86. The van der Waals surface area contributed by atoms with E-state index in [1.165, 1.54) is 12.7 Å². The van der Waals surface area contributed by atoms with Crippen LogP contribution < -0.4 is 5.32 Å². The van der Waals surface area contributed by atoms with Crippen LogP contribution in [-0.4, -0.2) is 50.1 Å². The number of esters is 1. The molecule has 2 unspecified atom stereocenters. The Morgan fingerprint density at radius 3 is 2.56 bits per heavy atom. The monoisotopic (exact) mass is 526 g/mol. The lowest BCUT2D eigenvalue weighted by atomic mass is 9.87. The van der Waals surface area contributed by atoms with E-state index in [2.05, 4.69) is 23.5 Å². The molecule has 0 aromatic heterocycles. The van der Waals surface area contributed by atoms with Crippen LogP contribution in [-0.2, 0) is 38.6 Å². The molecule has 202 valence electrons. The summed E-state index contributed by atoms with van der Waals surface area (Å²) < 4.78 is 10.0. The first kappa shape index (κ1) is 26.6. The summed E-state index contributed by atoms with van der Waals surface area (Å²) in [7, 11) is 2.97. The fourth-order valence-electron chi connectivity index (χ4n) is 5.54. The molecule has 1 aliphatic heterocycles. The van der Waals surface area contributed by atoms with E-state index >= 15 is 0 Å². The molecule has 7 heteroatoms. The van der Waals surface area contributed by atoms with Crippen molar-refractivity contribution in [3.8, 4) is 11.1 Å². The third-order valence-corrected chi connectivity index (χ3v) is 7.78. The minimum atomic E-state index is -0.381. The topological polar surface area (TPSA) is 84.9 Å². The lowest BCUT2D eigenvalue weighted by Crippen LogP contribution is -2.37. The van der Waals surface area contributed by atoms with Gasteiger partial charge in [-0.15, -0.1) is 0 Å². The largest absolute Gasteiger partial charge is 0.465 e. The molecule has 0 saturated heterocycles.